The largest absolute Gasteiger partial charge is 0.476 e. The summed E-state index contributed by atoms with van der Waals surface area (Å²) in [4.78, 5) is 11.2. The predicted octanol–water partition coefficient (Wildman–Crippen LogP) is 3.10. The van der Waals surface area contributed by atoms with Crippen LogP contribution in [0.3, 0.4) is 0 Å². The average molecular weight is 390 g/mol. The first-order valence-electron chi connectivity index (χ1n) is 5.72. The van der Waals surface area contributed by atoms with Crippen molar-refractivity contribution >= 4 is 40.2 Å². The molecule has 0 saturated heterocycles. The third kappa shape index (κ3) is 2.34. The number of hydrogen-bond acceptors (Lipinski definition) is 3. The third-order valence-electron chi connectivity index (χ3n) is 3.01. The molecule has 1 aliphatic carbocycles. The van der Waals surface area contributed by atoms with E-state index in [1.165, 1.54) is 0 Å². The number of carboxylic acid groups (broad SMARTS) is 1. The number of aromatic nitrogens is 3. The number of nitrogens with zero attached hydrogens (tertiary/aromatic N) is 3. The van der Waals surface area contributed by atoms with Gasteiger partial charge in [0.1, 0.15) is 0 Å². The van der Waals surface area contributed by atoms with Crippen LogP contribution >= 0.6 is 34.2 Å². The fourth-order valence-electron chi connectivity index (χ4n) is 2.00. The maximum atomic E-state index is 11.2. The van der Waals surface area contributed by atoms with Gasteiger partial charge in [-0.2, -0.15) is 0 Å². The van der Waals surface area contributed by atoms with Crippen molar-refractivity contribution in [1.29, 1.82) is 0 Å². The van der Waals surface area contributed by atoms with Gasteiger partial charge in [0.25, 0.3) is 0 Å². The number of carboxylic acids is 1. The molecular weight excluding hydrogens is 381 g/mol. The predicted molar refractivity (Wildman–Crippen MR) is 78.0 cm³/mol. The van der Waals surface area contributed by atoms with Crippen LogP contribution in [0.4, 0.5) is 0 Å². The molecule has 1 heterocycles. The van der Waals surface area contributed by atoms with E-state index in [0.29, 0.717) is 10.7 Å². The molecule has 2 aromatic rings. The smallest absolute Gasteiger partial charge is 0.358 e. The Labute approximate surface area is 127 Å². The Balaban J connectivity index is 2.17. The summed E-state index contributed by atoms with van der Waals surface area (Å²) in [6, 6.07) is 5.41. The first-order valence-corrected chi connectivity index (χ1v) is 7.18. The van der Waals surface area contributed by atoms with Gasteiger partial charge >= 0.3 is 5.97 Å². The molecule has 1 N–H and O–H groups in total. The molecule has 1 aromatic heterocycles. The maximum absolute atomic E-state index is 11.2. The van der Waals surface area contributed by atoms with E-state index in [1.807, 2.05) is 12.1 Å². The van der Waals surface area contributed by atoms with Crippen LogP contribution in [0.1, 0.15) is 34.9 Å². The highest BCUT2D eigenvalue weighted by Crippen LogP contribution is 2.42. The quantitative estimate of drug-likeness (QED) is 0.819. The summed E-state index contributed by atoms with van der Waals surface area (Å²) >= 11 is 8.09. The lowest BCUT2D eigenvalue weighted by Gasteiger charge is -2.08. The second-order valence-electron chi connectivity index (χ2n) is 4.41. The minimum Gasteiger partial charge on any atom is -0.476 e. The van der Waals surface area contributed by atoms with Crippen molar-refractivity contribution in [2.45, 2.75) is 18.8 Å². The minimum atomic E-state index is -1.03. The number of benzene rings is 1. The SMILES string of the molecule is O=C(O)c1nnn(-c2ccc(Cl)cc2I)c1C1CC1. The number of carbonyl (C=O) groups is 1. The first kappa shape index (κ1) is 12.9. The van der Waals surface area contributed by atoms with Crippen LogP contribution in [0.25, 0.3) is 5.69 Å². The molecular formula is C12H9ClIN3O2. The fourth-order valence-corrected chi connectivity index (χ4v) is 3.10. The summed E-state index contributed by atoms with van der Waals surface area (Å²) in [7, 11) is 0. The van der Waals surface area contributed by atoms with Crippen LogP contribution in [-0.2, 0) is 0 Å². The van der Waals surface area contributed by atoms with Gasteiger partial charge in [-0.15, -0.1) is 5.10 Å². The first-order chi connectivity index (χ1) is 9.08. The van der Waals surface area contributed by atoms with Gasteiger partial charge in [-0.25, -0.2) is 9.48 Å². The van der Waals surface area contributed by atoms with Gasteiger partial charge in [0, 0.05) is 14.5 Å². The Morgan fingerprint density at radius 2 is 2.21 bits per heavy atom. The molecule has 1 aliphatic rings. The van der Waals surface area contributed by atoms with Crippen molar-refractivity contribution in [2.24, 2.45) is 0 Å². The van der Waals surface area contributed by atoms with Crippen LogP contribution in [-0.4, -0.2) is 26.1 Å². The number of aromatic carboxylic acids is 1. The molecule has 3 rings (SSSR count). The lowest BCUT2D eigenvalue weighted by molar-refractivity contribution is 0.0689. The van der Waals surface area contributed by atoms with Crippen molar-refractivity contribution in [2.75, 3.05) is 0 Å². The monoisotopic (exact) mass is 389 g/mol. The van der Waals surface area contributed by atoms with E-state index in [4.69, 9.17) is 11.6 Å². The van der Waals surface area contributed by atoms with E-state index in [2.05, 4.69) is 32.9 Å². The van der Waals surface area contributed by atoms with E-state index < -0.39 is 5.97 Å². The summed E-state index contributed by atoms with van der Waals surface area (Å²) in [6.45, 7) is 0. The van der Waals surface area contributed by atoms with Crippen molar-refractivity contribution in [3.8, 4) is 5.69 Å². The molecule has 0 aliphatic heterocycles. The molecule has 98 valence electrons. The molecule has 0 bridgehead atoms. The lowest BCUT2D eigenvalue weighted by Crippen LogP contribution is -2.07. The molecule has 0 amide bonds. The Hall–Kier alpha value is -1.15. The second kappa shape index (κ2) is 4.75. The molecule has 0 radical (unpaired) electrons. The number of halogens is 2. The van der Waals surface area contributed by atoms with Crippen LogP contribution in [0.5, 0.6) is 0 Å². The highest BCUT2D eigenvalue weighted by atomic mass is 127. The van der Waals surface area contributed by atoms with E-state index in [9.17, 15) is 9.90 Å². The van der Waals surface area contributed by atoms with E-state index >= 15 is 0 Å². The zero-order valence-electron chi connectivity index (χ0n) is 9.68. The summed E-state index contributed by atoms with van der Waals surface area (Å²) < 4.78 is 2.54. The Kier molecular flexibility index (Phi) is 3.22. The van der Waals surface area contributed by atoms with Gasteiger partial charge < -0.3 is 5.11 Å². The average Bonchev–Trinajstić information content (AvgIpc) is 3.08. The summed E-state index contributed by atoms with van der Waals surface area (Å²) in [6.07, 6.45) is 1.97. The molecule has 5 nitrogen and oxygen atoms in total. The van der Waals surface area contributed by atoms with Gasteiger partial charge in [0.05, 0.1) is 11.4 Å². The second-order valence-corrected chi connectivity index (χ2v) is 6.01. The molecule has 7 heteroatoms. The van der Waals surface area contributed by atoms with Gasteiger partial charge in [0.2, 0.25) is 0 Å². The number of hydrogen-bond donors (Lipinski definition) is 1. The summed E-state index contributed by atoms with van der Waals surface area (Å²) in [5.74, 6) is -0.787. The topological polar surface area (TPSA) is 68.0 Å². The Morgan fingerprint density at radius 3 is 2.79 bits per heavy atom. The molecule has 0 atom stereocenters. The Bertz CT molecular complexity index is 667. The van der Waals surface area contributed by atoms with Crippen LogP contribution < -0.4 is 0 Å². The lowest BCUT2D eigenvalue weighted by atomic mass is 10.2. The normalized spacial score (nSPS) is 14.6. The minimum absolute atomic E-state index is 0.0493. The summed E-state index contributed by atoms with van der Waals surface area (Å²) in [5, 5.41) is 17.6. The molecule has 0 spiro atoms. The molecule has 1 aromatic carbocycles. The van der Waals surface area contributed by atoms with Crippen LogP contribution in [0.15, 0.2) is 18.2 Å². The zero-order chi connectivity index (χ0) is 13.6. The van der Waals surface area contributed by atoms with Crippen molar-refractivity contribution < 1.29 is 9.90 Å². The maximum Gasteiger partial charge on any atom is 0.358 e. The zero-order valence-corrected chi connectivity index (χ0v) is 12.6. The van der Waals surface area contributed by atoms with Crippen LogP contribution in [0.2, 0.25) is 5.02 Å². The van der Waals surface area contributed by atoms with Crippen LogP contribution in [0, 0.1) is 3.57 Å². The molecule has 1 saturated carbocycles. The van der Waals surface area contributed by atoms with Crippen molar-refractivity contribution in [1.82, 2.24) is 15.0 Å². The third-order valence-corrected chi connectivity index (χ3v) is 4.11. The molecule has 0 unspecified atom stereocenters. The van der Waals surface area contributed by atoms with Gasteiger partial charge in [-0.1, -0.05) is 16.8 Å². The standard InChI is InChI=1S/C12H9ClIN3O2/c13-7-3-4-9(8(14)5-7)17-11(6-1-2-6)10(12(18)19)15-16-17/h3-6H,1-2H2,(H,18,19). The van der Waals surface area contributed by atoms with Gasteiger partial charge in [-0.3, -0.25) is 0 Å². The van der Waals surface area contributed by atoms with Gasteiger partial charge in [0.15, 0.2) is 5.69 Å². The van der Waals surface area contributed by atoms with E-state index in [0.717, 1.165) is 22.1 Å². The fraction of sp³-hybridized carbons (Fsp3) is 0.250. The highest BCUT2D eigenvalue weighted by molar-refractivity contribution is 14.1. The Morgan fingerprint density at radius 1 is 1.47 bits per heavy atom. The molecule has 1 fully saturated rings. The highest BCUT2D eigenvalue weighted by Gasteiger charge is 2.34. The van der Waals surface area contributed by atoms with Gasteiger partial charge in [-0.05, 0) is 53.6 Å². The van der Waals surface area contributed by atoms with Crippen molar-refractivity contribution in [3.05, 3.63) is 38.2 Å². The summed E-state index contributed by atoms with van der Waals surface area (Å²) in [5.41, 5.74) is 1.55. The van der Waals surface area contributed by atoms with Crippen molar-refractivity contribution in [3.63, 3.8) is 0 Å². The number of rotatable bonds is 3. The van der Waals surface area contributed by atoms with E-state index in [-0.39, 0.29) is 11.6 Å². The molecule has 19 heavy (non-hydrogen) atoms. The van der Waals surface area contributed by atoms with E-state index in [1.54, 1.807) is 10.7 Å².